The Morgan fingerprint density at radius 3 is 2.19 bits per heavy atom. The van der Waals surface area contributed by atoms with Crippen molar-refractivity contribution in [3.63, 3.8) is 0 Å². The fourth-order valence-corrected chi connectivity index (χ4v) is 6.71. The number of hydrogen-bond acceptors (Lipinski definition) is 6. The van der Waals surface area contributed by atoms with E-state index in [9.17, 15) is 40.1 Å². The third kappa shape index (κ3) is 5.61. The first-order chi connectivity index (χ1) is 16.5. The first-order valence-electron chi connectivity index (χ1n) is 10.5. The molecule has 1 heterocycles. The molecule has 1 N–H and O–H groups in total. The summed E-state index contributed by atoms with van der Waals surface area (Å²) in [6.07, 6.45) is -3.86. The molecular formula is C23H22F3N3O5S2. The smallest absolute Gasteiger partial charge is 0.269 e. The van der Waals surface area contributed by atoms with Gasteiger partial charge in [0.25, 0.3) is 15.9 Å². The van der Waals surface area contributed by atoms with Gasteiger partial charge in [-0.2, -0.15) is 23.2 Å². The lowest BCUT2D eigenvalue weighted by Gasteiger charge is -2.30. The van der Waals surface area contributed by atoms with Crippen molar-refractivity contribution in [3.8, 4) is 6.07 Å². The van der Waals surface area contributed by atoms with Gasteiger partial charge in [0.2, 0.25) is 10.0 Å². The zero-order valence-electron chi connectivity index (χ0n) is 19.4. The van der Waals surface area contributed by atoms with Crippen molar-refractivity contribution in [1.82, 2.24) is 9.03 Å². The molecule has 0 aliphatic carbocycles. The molecule has 0 fully saturated rings. The van der Waals surface area contributed by atoms with Crippen LogP contribution in [0.15, 0.2) is 59.5 Å². The topological polar surface area (TPSA) is 124 Å². The van der Waals surface area contributed by atoms with Gasteiger partial charge in [0.15, 0.2) is 0 Å². The van der Waals surface area contributed by atoms with Gasteiger partial charge in [-0.3, -0.25) is 4.79 Å². The minimum atomic E-state index is -4.74. The summed E-state index contributed by atoms with van der Waals surface area (Å²) in [5.74, 6) is -0.671. The van der Waals surface area contributed by atoms with Crippen LogP contribution in [-0.4, -0.2) is 38.6 Å². The largest absolute Gasteiger partial charge is 0.416 e. The summed E-state index contributed by atoms with van der Waals surface area (Å²) in [6, 6.07) is 9.38. The number of carbonyl (C=O) groups excluding carboxylic acids is 1. The number of hydrogen-bond donors (Lipinski definition) is 1. The van der Waals surface area contributed by atoms with Gasteiger partial charge in [0.05, 0.1) is 22.1 Å². The van der Waals surface area contributed by atoms with Crippen molar-refractivity contribution < 1.29 is 34.8 Å². The van der Waals surface area contributed by atoms with Crippen LogP contribution in [0.2, 0.25) is 0 Å². The SMILES string of the molecule is CC(C)(C)N1C(=O)C=C(c2ccc(CC(C#N)NS(=O)(=O)c3cccc(C(F)(F)F)c3)cc2)S1(=O)=O. The standard InChI is InChI=1S/C23H22F3N3O5S2/c1-22(2,3)29-21(30)13-20(36(29,33)34)16-9-7-15(8-10-16)11-18(14-27)28-35(31,32)19-6-4-5-17(12-19)23(24,25)26/h4-10,12-13,18,28H,11H2,1-3H3. The number of alkyl halides is 3. The molecule has 2 aromatic carbocycles. The van der Waals surface area contributed by atoms with E-state index in [1.165, 1.54) is 24.3 Å². The number of carbonyl (C=O) groups is 1. The number of rotatable bonds is 6. The Morgan fingerprint density at radius 2 is 1.69 bits per heavy atom. The predicted molar refractivity (Wildman–Crippen MR) is 125 cm³/mol. The van der Waals surface area contributed by atoms with E-state index in [4.69, 9.17) is 0 Å². The number of halogens is 3. The van der Waals surface area contributed by atoms with Crippen molar-refractivity contribution in [1.29, 1.82) is 5.26 Å². The first-order valence-corrected chi connectivity index (χ1v) is 13.4. The monoisotopic (exact) mass is 541 g/mol. The molecule has 192 valence electrons. The molecule has 1 aliphatic heterocycles. The van der Waals surface area contributed by atoms with E-state index >= 15 is 0 Å². The second-order valence-corrected chi connectivity index (χ2v) is 12.5. The van der Waals surface area contributed by atoms with Gasteiger partial charge in [0.1, 0.15) is 10.9 Å². The van der Waals surface area contributed by atoms with E-state index in [0.717, 1.165) is 28.6 Å². The molecule has 1 amide bonds. The van der Waals surface area contributed by atoms with Gasteiger partial charge in [0, 0.05) is 12.5 Å². The Bertz CT molecular complexity index is 1470. The lowest BCUT2D eigenvalue weighted by atomic mass is 10.0. The fourth-order valence-electron chi connectivity index (χ4n) is 3.63. The molecule has 13 heteroatoms. The van der Waals surface area contributed by atoms with Crippen LogP contribution in [0.5, 0.6) is 0 Å². The Kier molecular flexibility index (Phi) is 7.11. The summed E-state index contributed by atoms with van der Waals surface area (Å²) in [4.78, 5) is 11.5. The van der Waals surface area contributed by atoms with Gasteiger partial charge < -0.3 is 0 Å². The van der Waals surface area contributed by atoms with Crippen LogP contribution in [0.25, 0.3) is 4.91 Å². The molecule has 1 atom stereocenters. The maximum atomic E-state index is 12.9. The maximum absolute atomic E-state index is 12.9. The Balaban J connectivity index is 1.79. The molecule has 1 unspecified atom stereocenters. The molecule has 3 rings (SSSR count). The van der Waals surface area contributed by atoms with Crippen LogP contribution in [0.1, 0.15) is 37.5 Å². The van der Waals surface area contributed by atoms with Gasteiger partial charge in [-0.05, 0) is 50.1 Å². The highest BCUT2D eigenvalue weighted by Crippen LogP contribution is 2.35. The summed E-state index contributed by atoms with van der Waals surface area (Å²) < 4.78 is 92.6. The molecule has 8 nitrogen and oxygen atoms in total. The van der Waals surface area contributed by atoms with Gasteiger partial charge >= 0.3 is 6.18 Å². The van der Waals surface area contributed by atoms with Crippen LogP contribution in [-0.2, 0) is 37.4 Å². The van der Waals surface area contributed by atoms with Crippen LogP contribution >= 0.6 is 0 Å². The fraction of sp³-hybridized carbons (Fsp3) is 0.304. The Morgan fingerprint density at radius 1 is 1.08 bits per heavy atom. The van der Waals surface area contributed by atoms with Gasteiger partial charge in [-0.15, -0.1) is 0 Å². The highest BCUT2D eigenvalue weighted by molar-refractivity contribution is 7.99. The van der Waals surface area contributed by atoms with E-state index < -0.39 is 54.2 Å². The number of nitrogens with one attached hydrogen (secondary N) is 1. The van der Waals surface area contributed by atoms with E-state index in [-0.39, 0.29) is 16.9 Å². The maximum Gasteiger partial charge on any atom is 0.416 e. The van der Waals surface area contributed by atoms with Crippen LogP contribution in [0, 0.1) is 11.3 Å². The Labute approximate surface area is 207 Å². The molecule has 36 heavy (non-hydrogen) atoms. The molecular weight excluding hydrogens is 519 g/mol. The average molecular weight is 542 g/mol. The summed E-state index contributed by atoms with van der Waals surface area (Å²) >= 11 is 0. The van der Waals surface area contributed by atoms with Crippen LogP contribution < -0.4 is 4.72 Å². The molecule has 1 aliphatic rings. The number of amides is 1. The zero-order valence-corrected chi connectivity index (χ0v) is 21.0. The minimum absolute atomic E-state index is 0.145. The van der Waals surface area contributed by atoms with E-state index in [1.807, 2.05) is 0 Å². The quantitative estimate of drug-likeness (QED) is 0.598. The molecule has 0 aromatic heterocycles. The lowest BCUT2D eigenvalue weighted by molar-refractivity contribution is -0.137. The predicted octanol–water partition coefficient (Wildman–Crippen LogP) is 3.43. The minimum Gasteiger partial charge on any atom is -0.269 e. The second kappa shape index (κ2) is 9.34. The molecule has 2 aromatic rings. The van der Waals surface area contributed by atoms with E-state index in [2.05, 4.69) is 4.72 Å². The summed E-state index contributed by atoms with van der Waals surface area (Å²) in [6.45, 7) is 4.76. The van der Waals surface area contributed by atoms with Crippen LogP contribution in [0.4, 0.5) is 13.2 Å². The third-order valence-electron chi connectivity index (χ3n) is 5.19. The zero-order chi connectivity index (χ0) is 27.1. The number of nitriles is 1. The summed E-state index contributed by atoms with van der Waals surface area (Å²) in [7, 11) is -8.52. The normalized spacial score (nSPS) is 17.0. The molecule has 0 saturated heterocycles. The van der Waals surface area contributed by atoms with Crippen molar-refractivity contribution in [2.75, 3.05) is 0 Å². The van der Waals surface area contributed by atoms with Crippen molar-refractivity contribution in [2.45, 2.75) is 49.8 Å². The van der Waals surface area contributed by atoms with E-state index in [1.54, 1.807) is 26.8 Å². The van der Waals surface area contributed by atoms with Crippen LogP contribution in [0.3, 0.4) is 0 Å². The number of benzene rings is 2. The van der Waals surface area contributed by atoms with Gasteiger partial charge in [-0.25, -0.2) is 21.1 Å². The van der Waals surface area contributed by atoms with E-state index in [0.29, 0.717) is 11.6 Å². The lowest BCUT2D eigenvalue weighted by Crippen LogP contribution is -2.45. The van der Waals surface area contributed by atoms with Gasteiger partial charge in [-0.1, -0.05) is 30.3 Å². The highest BCUT2D eigenvalue weighted by Gasteiger charge is 2.44. The molecule has 0 saturated carbocycles. The summed E-state index contributed by atoms with van der Waals surface area (Å²) in [5, 5.41) is 9.42. The molecule has 0 bridgehead atoms. The highest BCUT2D eigenvalue weighted by atomic mass is 32.2. The van der Waals surface area contributed by atoms with Crippen molar-refractivity contribution in [3.05, 3.63) is 71.3 Å². The Hall–Kier alpha value is -3.21. The number of sulfonamides is 2. The average Bonchev–Trinajstić information content (AvgIpc) is 3.01. The first kappa shape index (κ1) is 27.4. The second-order valence-electron chi connectivity index (χ2n) is 9.02. The number of nitrogens with zero attached hydrogens (tertiary/aromatic N) is 2. The van der Waals surface area contributed by atoms with Crippen molar-refractivity contribution >= 4 is 30.9 Å². The molecule has 0 radical (unpaired) electrons. The van der Waals surface area contributed by atoms with Crippen molar-refractivity contribution in [2.24, 2.45) is 0 Å². The third-order valence-corrected chi connectivity index (χ3v) is 8.77. The summed E-state index contributed by atoms with van der Waals surface area (Å²) in [5.41, 5.74) is -1.43. The molecule has 0 spiro atoms.